The zero-order chi connectivity index (χ0) is 21.8. The molecule has 1 aromatic heterocycles. The molecule has 2 fully saturated rings. The van der Waals surface area contributed by atoms with Crippen LogP contribution in [0.25, 0.3) is 0 Å². The Morgan fingerprint density at radius 3 is 2.55 bits per heavy atom. The lowest BCUT2D eigenvalue weighted by Gasteiger charge is -2.57. The second kappa shape index (κ2) is 9.61. The standard InChI is InChI=1S/C25H29N3O3/c1-18(30)4-5-19-6-8-20(9-7-19)24-22-16-27(25(31)21-10-12-26-13-11-21)14-2-3-15-28(22)23(24)17-29/h6-13,18,22-24,29-30H,2-3,14-17H2,1H3/t18-,22-,23-,24+/m1/s1. The first-order chi connectivity index (χ1) is 15.1. The van der Waals surface area contributed by atoms with E-state index in [1.165, 1.54) is 0 Å². The number of hydrogen-bond donors (Lipinski definition) is 2. The highest BCUT2D eigenvalue weighted by atomic mass is 16.3. The van der Waals surface area contributed by atoms with Gasteiger partial charge >= 0.3 is 0 Å². The molecule has 4 rings (SSSR count). The zero-order valence-corrected chi connectivity index (χ0v) is 17.8. The van der Waals surface area contributed by atoms with Crippen molar-refractivity contribution in [3.05, 3.63) is 65.5 Å². The van der Waals surface area contributed by atoms with Gasteiger partial charge in [-0.1, -0.05) is 24.0 Å². The van der Waals surface area contributed by atoms with Crippen LogP contribution in [0.15, 0.2) is 48.8 Å². The molecule has 0 aliphatic carbocycles. The van der Waals surface area contributed by atoms with Gasteiger partial charge in [-0.05, 0) is 56.1 Å². The largest absolute Gasteiger partial charge is 0.395 e. The number of nitrogens with zero attached hydrogens (tertiary/aromatic N) is 3. The normalized spacial score (nSPS) is 24.6. The maximum atomic E-state index is 13.1. The van der Waals surface area contributed by atoms with E-state index in [1.807, 2.05) is 17.0 Å². The van der Waals surface area contributed by atoms with Crippen LogP contribution in [0, 0.1) is 11.8 Å². The first-order valence-corrected chi connectivity index (χ1v) is 10.9. The van der Waals surface area contributed by atoms with Gasteiger partial charge < -0.3 is 15.1 Å². The average molecular weight is 420 g/mol. The van der Waals surface area contributed by atoms with Gasteiger partial charge in [-0.25, -0.2) is 0 Å². The zero-order valence-electron chi connectivity index (χ0n) is 17.8. The van der Waals surface area contributed by atoms with Crippen LogP contribution < -0.4 is 0 Å². The Morgan fingerprint density at radius 2 is 1.87 bits per heavy atom. The van der Waals surface area contributed by atoms with Crippen molar-refractivity contribution in [1.82, 2.24) is 14.8 Å². The quantitative estimate of drug-likeness (QED) is 0.743. The third kappa shape index (κ3) is 4.64. The summed E-state index contributed by atoms with van der Waals surface area (Å²) in [5.74, 6) is 5.93. The van der Waals surface area contributed by atoms with Crippen LogP contribution in [0.1, 0.15) is 47.2 Å². The third-order valence-corrected chi connectivity index (χ3v) is 6.31. The first-order valence-electron chi connectivity index (χ1n) is 10.9. The predicted octanol–water partition coefficient (Wildman–Crippen LogP) is 1.88. The van der Waals surface area contributed by atoms with Crippen molar-refractivity contribution in [2.24, 2.45) is 0 Å². The summed E-state index contributed by atoms with van der Waals surface area (Å²) in [5, 5.41) is 19.5. The van der Waals surface area contributed by atoms with Gasteiger partial charge in [0.2, 0.25) is 0 Å². The molecule has 1 aromatic carbocycles. The van der Waals surface area contributed by atoms with Gasteiger partial charge in [0.1, 0.15) is 6.10 Å². The molecule has 162 valence electrons. The second-order valence-electron chi connectivity index (χ2n) is 8.34. The number of aromatic nitrogens is 1. The van der Waals surface area contributed by atoms with Crippen molar-refractivity contribution in [1.29, 1.82) is 0 Å². The Kier molecular flexibility index (Phi) is 6.67. The van der Waals surface area contributed by atoms with Crippen LogP contribution in [0.5, 0.6) is 0 Å². The molecule has 0 saturated carbocycles. The molecule has 6 heteroatoms. The minimum Gasteiger partial charge on any atom is -0.395 e. The Morgan fingerprint density at radius 1 is 1.16 bits per heavy atom. The first kappa shape index (κ1) is 21.5. The summed E-state index contributed by atoms with van der Waals surface area (Å²) in [6, 6.07) is 11.8. The predicted molar refractivity (Wildman–Crippen MR) is 118 cm³/mol. The van der Waals surface area contributed by atoms with E-state index in [0.29, 0.717) is 12.1 Å². The molecule has 0 radical (unpaired) electrons. The van der Waals surface area contributed by atoms with Gasteiger partial charge in [-0.3, -0.25) is 14.7 Å². The van der Waals surface area contributed by atoms with Gasteiger partial charge in [0.15, 0.2) is 0 Å². The van der Waals surface area contributed by atoms with Crippen LogP contribution in [0.2, 0.25) is 0 Å². The summed E-state index contributed by atoms with van der Waals surface area (Å²) in [5.41, 5.74) is 2.67. The van der Waals surface area contributed by atoms with Crippen molar-refractivity contribution in [2.75, 3.05) is 26.2 Å². The fourth-order valence-electron chi connectivity index (χ4n) is 4.78. The van der Waals surface area contributed by atoms with E-state index in [2.05, 4.69) is 33.9 Å². The van der Waals surface area contributed by atoms with Crippen molar-refractivity contribution in [3.8, 4) is 11.8 Å². The number of aliphatic hydroxyl groups is 2. The highest BCUT2D eigenvalue weighted by Gasteiger charge is 2.49. The number of aliphatic hydroxyl groups excluding tert-OH is 2. The molecule has 3 heterocycles. The molecule has 2 aliphatic rings. The molecule has 2 N–H and O–H groups in total. The SMILES string of the molecule is C[C@@H](O)C#Cc1ccc([C@@H]2[C@@H](CO)N3CCCCN(C(=O)c4ccncc4)C[C@H]23)cc1. The number of fused-ring (bicyclic) bond motifs is 1. The van der Waals surface area contributed by atoms with Gasteiger partial charge in [-0.2, -0.15) is 0 Å². The monoisotopic (exact) mass is 419 g/mol. The molecular weight excluding hydrogens is 390 g/mol. The van der Waals surface area contributed by atoms with Crippen molar-refractivity contribution in [3.63, 3.8) is 0 Å². The van der Waals surface area contributed by atoms with Crippen LogP contribution in [-0.2, 0) is 0 Å². The number of benzene rings is 1. The van der Waals surface area contributed by atoms with Crippen molar-refractivity contribution >= 4 is 5.91 Å². The van der Waals surface area contributed by atoms with Crippen LogP contribution in [-0.4, -0.2) is 75.3 Å². The van der Waals surface area contributed by atoms with E-state index in [0.717, 1.165) is 37.1 Å². The highest BCUT2D eigenvalue weighted by molar-refractivity contribution is 5.94. The van der Waals surface area contributed by atoms with Crippen molar-refractivity contribution in [2.45, 2.75) is 43.9 Å². The molecular formula is C25H29N3O3. The van der Waals surface area contributed by atoms with E-state index in [9.17, 15) is 15.0 Å². The Hall–Kier alpha value is -2.72. The molecule has 0 unspecified atom stereocenters. The number of carbonyl (C=O) groups excluding carboxylic acids is 1. The summed E-state index contributed by atoms with van der Waals surface area (Å²) in [4.78, 5) is 21.4. The third-order valence-electron chi connectivity index (χ3n) is 6.31. The minimum absolute atomic E-state index is 0.0409. The number of carbonyl (C=O) groups is 1. The van der Waals surface area contributed by atoms with Gasteiger partial charge in [0, 0.05) is 54.6 Å². The Labute approximate surface area is 183 Å². The molecule has 6 nitrogen and oxygen atoms in total. The van der Waals surface area contributed by atoms with Crippen molar-refractivity contribution < 1.29 is 15.0 Å². The smallest absolute Gasteiger partial charge is 0.254 e. The lowest BCUT2D eigenvalue weighted by atomic mass is 9.74. The highest BCUT2D eigenvalue weighted by Crippen LogP contribution is 2.42. The van der Waals surface area contributed by atoms with Gasteiger partial charge in [0.05, 0.1) is 6.61 Å². The summed E-state index contributed by atoms with van der Waals surface area (Å²) >= 11 is 0. The second-order valence-corrected chi connectivity index (χ2v) is 8.34. The van der Waals surface area contributed by atoms with E-state index < -0.39 is 6.10 Å². The topological polar surface area (TPSA) is 76.9 Å². The number of pyridine rings is 1. The number of rotatable bonds is 3. The lowest BCUT2D eigenvalue weighted by molar-refractivity contribution is -0.0606. The molecule has 0 spiro atoms. The minimum atomic E-state index is -0.655. The molecule has 2 saturated heterocycles. The summed E-state index contributed by atoms with van der Waals surface area (Å²) in [7, 11) is 0. The van der Waals surface area contributed by atoms with Crippen LogP contribution >= 0.6 is 0 Å². The molecule has 31 heavy (non-hydrogen) atoms. The maximum absolute atomic E-state index is 13.1. The Bertz CT molecular complexity index is 949. The van der Waals surface area contributed by atoms with Crippen LogP contribution in [0.3, 0.4) is 0 Å². The lowest BCUT2D eigenvalue weighted by Crippen LogP contribution is -2.67. The van der Waals surface area contributed by atoms with E-state index in [1.54, 1.807) is 31.5 Å². The van der Waals surface area contributed by atoms with Gasteiger partial charge in [-0.15, -0.1) is 0 Å². The molecule has 1 amide bonds. The fourth-order valence-corrected chi connectivity index (χ4v) is 4.78. The van der Waals surface area contributed by atoms with E-state index in [4.69, 9.17) is 0 Å². The molecule has 0 bridgehead atoms. The fraction of sp³-hybridized carbons (Fsp3) is 0.440. The molecule has 2 aliphatic heterocycles. The summed E-state index contributed by atoms with van der Waals surface area (Å²) in [6.45, 7) is 4.08. The molecule has 4 atom stereocenters. The van der Waals surface area contributed by atoms with E-state index >= 15 is 0 Å². The molecule has 2 aromatic rings. The van der Waals surface area contributed by atoms with E-state index in [-0.39, 0.29) is 30.5 Å². The summed E-state index contributed by atoms with van der Waals surface area (Å²) < 4.78 is 0. The van der Waals surface area contributed by atoms with Crippen LogP contribution in [0.4, 0.5) is 0 Å². The van der Waals surface area contributed by atoms with Gasteiger partial charge in [0.25, 0.3) is 5.91 Å². The maximum Gasteiger partial charge on any atom is 0.254 e. The summed E-state index contributed by atoms with van der Waals surface area (Å²) in [6.07, 6.45) is 4.61. The average Bonchev–Trinajstić information content (AvgIpc) is 2.77. The number of amides is 1. The number of hydrogen-bond acceptors (Lipinski definition) is 5. The Balaban J connectivity index is 1.56.